The van der Waals surface area contributed by atoms with Crippen molar-refractivity contribution in [3.8, 4) is 11.5 Å². The van der Waals surface area contributed by atoms with Crippen molar-refractivity contribution in [1.82, 2.24) is 14.5 Å². The molecule has 1 aliphatic heterocycles. The van der Waals surface area contributed by atoms with Gasteiger partial charge in [0.25, 0.3) is 5.91 Å². The first-order chi connectivity index (χ1) is 19.6. The SMILES string of the molecule is COC(=O)c1c(NC(=O)c2cccnc2)c2cc(NCc3ccc4c(c3)OCO4)cnc2n1Cc1ccccc1. The second-order valence-corrected chi connectivity index (χ2v) is 9.12. The van der Waals surface area contributed by atoms with Crippen molar-refractivity contribution in [2.45, 2.75) is 13.1 Å². The number of rotatable bonds is 8. The quantitative estimate of drug-likeness (QED) is 0.271. The van der Waals surface area contributed by atoms with Gasteiger partial charge in [0.2, 0.25) is 6.79 Å². The van der Waals surface area contributed by atoms with Crippen LogP contribution in [-0.4, -0.2) is 40.3 Å². The highest BCUT2D eigenvalue weighted by molar-refractivity contribution is 6.14. The molecule has 3 aromatic heterocycles. The minimum Gasteiger partial charge on any atom is -0.464 e. The number of carbonyl (C=O) groups is 2. The second kappa shape index (κ2) is 10.8. The second-order valence-electron chi connectivity index (χ2n) is 9.12. The minimum absolute atomic E-state index is 0.194. The third-order valence-electron chi connectivity index (χ3n) is 6.56. The molecular formula is C30H25N5O5. The Bertz CT molecular complexity index is 1700. The highest BCUT2D eigenvalue weighted by Crippen LogP contribution is 2.35. The Labute approximate surface area is 229 Å². The van der Waals surface area contributed by atoms with Crippen molar-refractivity contribution in [2.75, 3.05) is 24.5 Å². The van der Waals surface area contributed by atoms with Crippen LogP contribution in [0.4, 0.5) is 11.4 Å². The van der Waals surface area contributed by atoms with Gasteiger partial charge in [0.1, 0.15) is 5.65 Å². The lowest BCUT2D eigenvalue weighted by molar-refractivity contribution is 0.0591. The average Bonchev–Trinajstić information content (AvgIpc) is 3.58. The molecule has 1 amide bonds. The van der Waals surface area contributed by atoms with Crippen LogP contribution >= 0.6 is 0 Å². The summed E-state index contributed by atoms with van der Waals surface area (Å²) in [6, 6.07) is 20.6. The summed E-state index contributed by atoms with van der Waals surface area (Å²) >= 11 is 0. The van der Waals surface area contributed by atoms with Crippen LogP contribution in [0.25, 0.3) is 11.0 Å². The molecule has 4 heterocycles. The molecule has 0 unspecified atom stereocenters. The number of aromatic nitrogens is 3. The average molecular weight is 536 g/mol. The molecule has 5 aromatic rings. The summed E-state index contributed by atoms with van der Waals surface area (Å²) in [7, 11) is 1.31. The maximum absolute atomic E-state index is 13.2. The molecule has 0 radical (unpaired) electrons. The van der Waals surface area contributed by atoms with E-state index in [9.17, 15) is 9.59 Å². The van der Waals surface area contributed by atoms with Crippen LogP contribution in [0.5, 0.6) is 11.5 Å². The Kier molecular flexibility index (Phi) is 6.72. The monoisotopic (exact) mass is 535 g/mol. The summed E-state index contributed by atoms with van der Waals surface area (Å²) in [4.78, 5) is 35.1. The van der Waals surface area contributed by atoms with E-state index in [0.717, 1.165) is 16.9 Å². The summed E-state index contributed by atoms with van der Waals surface area (Å²) in [5, 5.41) is 6.88. The number of methoxy groups -OCH3 is 1. The number of hydrogen-bond donors (Lipinski definition) is 2. The Hall–Kier alpha value is -5.38. The van der Waals surface area contributed by atoms with E-state index in [1.54, 1.807) is 29.1 Å². The molecule has 40 heavy (non-hydrogen) atoms. The Morgan fingerprint density at radius 3 is 2.62 bits per heavy atom. The molecular weight excluding hydrogens is 510 g/mol. The number of benzene rings is 2. The number of nitrogens with zero attached hydrogens (tertiary/aromatic N) is 3. The van der Waals surface area contributed by atoms with Crippen LogP contribution in [0.1, 0.15) is 32.0 Å². The van der Waals surface area contributed by atoms with E-state index >= 15 is 0 Å². The fourth-order valence-corrected chi connectivity index (χ4v) is 4.61. The van der Waals surface area contributed by atoms with Crippen LogP contribution < -0.4 is 20.1 Å². The van der Waals surface area contributed by atoms with Gasteiger partial charge in [-0.3, -0.25) is 9.78 Å². The molecule has 200 valence electrons. The number of ether oxygens (including phenoxy) is 3. The Balaban J connectivity index is 1.41. The lowest BCUT2D eigenvalue weighted by Crippen LogP contribution is -2.17. The predicted octanol–water partition coefficient (Wildman–Crippen LogP) is 4.86. The zero-order valence-electron chi connectivity index (χ0n) is 21.6. The van der Waals surface area contributed by atoms with Crippen molar-refractivity contribution >= 4 is 34.3 Å². The number of nitrogens with one attached hydrogen (secondary N) is 2. The summed E-state index contributed by atoms with van der Waals surface area (Å²) in [5.41, 5.74) is 4.04. The van der Waals surface area contributed by atoms with E-state index in [1.165, 1.54) is 13.3 Å². The fourth-order valence-electron chi connectivity index (χ4n) is 4.61. The van der Waals surface area contributed by atoms with Crippen LogP contribution in [-0.2, 0) is 17.8 Å². The molecule has 0 aliphatic carbocycles. The van der Waals surface area contributed by atoms with Gasteiger partial charge < -0.3 is 29.4 Å². The maximum Gasteiger partial charge on any atom is 0.356 e. The van der Waals surface area contributed by atoms with E-state index in [1.807, 2.05) is 54.6 Å². The van der Waals surface area contributed by atoms with Crippen LogP contribution in [0.2, 0.25) is 0 Å². The van der Waals surface area contributed by atoms with Gasteiger partial charge in [-0.15, -0.1) is 0 Å². The van der Waals surface area contributed by atoms with Gasteiger partial charge in [0.05, 0.1) is 30.2 Å². The maximum atomic E-state index is 13.2. The summed E-state index contributed by atoms with van der Waals surface area (Å²) in [5.74, 6) is 0.422. The third kappa shape index (κ3) is 4.90. The van der Waals surface area contributed by atoms with Gasteiger partial charge >= 0.3 is 5.97 Å². The first kappa shape index (κ1) is 24.9. The summed E-state index contributed by atoms with van der Waals surface area (Å²) < 4.78 is 17.8. The Morgan fingerprint density at radius 1 is 0.975 bits per heavy atom. The zero-order valence-corrected chi connectivity index (χ0v) is 21.6. The van der Waals surface area contributed by atoms with Gasteiger partial charge in [-0.2, -0.15) is 0 Å². The molecule has 0 fully saturated rings. The van der Waals surface area contributed by atoms with Gasteiger partial charge in [0, 0.05) is 30.9 Å². The van der Waals surface area contributed by atoms with Crippen LogP contribution in [0.3, 0.4) is 0 Å². The summed E-state index contributed by atoms with van der Waals surface area (Å²) in [6.07, 6.45) is 4.75. The molecule has 2 aromatic carbocycles. The number of anilines is 2. The van der Waals surface area contributed by atoms with E-state index in [0.29, 0.717) is 46.8 Å². The van der Waals surface area contributed by atoms with Gasteiger partial charge in [-0.25, -0.2) is 9.78 Å². The van der Waals surface area contributed by atoms with Gasteiger partial charge in [0.15, 0.2) is 17.2 Å². The molecule has 0 spiro atoms. The highest BCUT2D eigenvalue weighted by atomic mass is 16.7. The number of fused-ring (bicyclic) bond motifs is 2. The topological polar surface area (TPSA) is 117 Å². The van der Waals surface area contributed by atoms with Crippen molar-refractivity contribution in [2.24, 2.45) is 0 Å². The van der Waals surface area contributed by atoms with Gasteiger partial charge in [-0.1, -0.05) is 36.4 Å². The number of carbonyl (C=O) groups excluding carboxylic acids is 2. The first-order valence-electron chi connectivity index (χ1n) is 12.6. The number of pyridine rings is 2. The van der Waals surface area contributed by atoms with Crippen molar-refractivity contribution < 1.29 is 23.8 Å². The number of esters is 1. The van der Waals surface area contributed by atoms with Crippen LogP contribution in [0, 0.1) is 0 Å². The molecule has 6 rings (SSSR count). The molecule has 0 saturated heterocycles. The van der Waals surface area contributed by atoms with Crippen LogP contribution in [0.15, 0.2) is 85.3 Å². The molecule has 0 atom stereocenters. The molecule has 0 saturated carbocycles. The predicted molar refractivity (Wildman–Crippen MR) is 149 cm³/mol. The summed E-state index contributed by atoms with van der Waals surface area (Å²) in [6.45, 7) is 1.06. The molecule has 0 bridgehead atoms. The third-order valence-corrected chi connectivity index (χ3v) is 6.56. The van der Waals surface area contributed by atoms with Crippen molar-refractivity contribution in [3.05, 3.63) is 108 Å². The minimum atomic E-state index is -0.592. The molecule has 10 nitrogen and oxygen atoms in total. The zero-order chi connectivity index (χ0) is 27.5. The lowest BCUT2D eigenvalue weighted by atomic mass is 10.2. The van der Waals surface area contributed by atoms with Crippen molar-refractivity contribution in [3.63, 3.8) is 0 Å². The molecule has 10 heteroatoms. The van der Waals surface area contributed by atoms with E-state index in [2.05, 4.69) is 15.6 Å². The highest BCUT2D eigenvalue weighted by Gasteiger charge is 2.27. The van der Waals surface area contributed by atoms with E-state index in [4.69, 9.17) is 19.2 Å². The smallest absolute Gasteiger partial charge is 0.356 e. The van der Waals surface area contributed by atoms with Gasteiger partial charge in [-0.05, 0) is 41.5 Å². The van der Waals surface area contributed by atoms with E-state index in [-0.39, 0.29) is 12.5 Å². The van der Waals surface area contributed by atoms with Crippen molar-refractivity contribution in [1.29, 1.82) is 0 Å². The lowest BCUT2D eigenvalue weighted by Gasteiger charge is -2.11. The largest absolute Gasteiger partial charge is 0.464 e. The standard InChI is InChI=1S/C30H25N5O5/c1-38-30(37)27-26(34-29(36)21-8-5-11-31-15-21)23-13-22(32-14-20-9-10-24-25(12-20)40-18-39-24)16-33-28(23)35(27)17-19-6-3-2-4-7-19/h2-13,15-16,32H,14,17-18H2,1H3,(H,34,36). The fraction of sp³-hybridized carbons (Fsp3) is 0.133. The number of hydrogen-bond acceptors (Lipinski definition) is 8. The number of amides is 1. The Morgan fingerprint density at radius 2 is 1.82 bits per heavy atom. The first-order valence-corrected chi connectivity index (χ1v) is 12.6. The normalized spacial score (nSPS) is 11.8. The molecule has 1 aliphatic rings. The molecule has 2 N–H and O–H groups in total. The van der Waals surface area contributed by atoms with E-state index < -0.39 is 11.9 Å².